The largest absolute Gasteiger partial charge is 0.365 e. The Kier molecular flexibility index (Phi) is 4.59. The molecule has 0 amide bonds. The predicted octanol–water partition coefficient (Wildman–Crippen LogP) is 1.38. The van der Waals surface area contributed by atoms with Crippen molar-refractivity contribution in [2.45, 2.75) is 12.7 Å². The van der Waals surface area contributed by atoms with Crippen LogP contribution in [0.1, 0.15) is 5.56 Å². The molecule has 0 heterocycles. The lowest BCUT2D eigenvalue weighted by Gasteiger charge is -2.08. The summed E-state index contributed by atoms with van der Waals surface area (Å²) < 4.78 is 5.23. The van der Waals surface area contributed by atoms with E-state index in [1.165, 1.54) is 0 Å². The van der Waals surface area contributed by atoms with Crippen molar-refractivity contribution in [3.63, 3.8) is 0 Å². The van der Waals surface area contributed by atoms with E-state index in [2.05, 4.69) is 0 Å². The highest BCUT2D eigenvalue weighted by molar-refractivity contribution is 6.30. The molecule has 0 bridgehead atoms. The van der Waals surface area contributed by atoms with Gasteiger partial charge in [-0.2, -0.15) is 0 Å². The molecule has 14 heavy (non-hydrogen) atoms. The van der Waals surface area contributed by atoms with Crippen molar-refractivity contribution in [1.29, 1.82) is 0 Å². The first kappa shape index (κ1) is 11.2. The fraction of sp³-hybridized carbons (Fsp3) is 0.300. The normalized spacial score (nSPS) is 12.4. The molecule has 2 N–H and O–H groups in total. The molecule has 0 aliphatic heterocycles. The number of aldehydes is 1. The number of hydrogen-bond acceptors (Lipinski definition) is 3. The Morgan fingerprint density at radius 3 is 2.57 bits per heavy atom. The molecule has 3 nitrogen and oxygen atoms in total. The molecule has 1 atom stereocenters. The summed E-state index contributed by atoms with van der Waals surface area (Å²) in [5, 5.41) is 0.680. The Balaban J connectivity index is 2.45. The third kappa shape index (κ3) is 3.46. The van der Waals surface area contributed by atoms with Crippen LogP contribution in [0.4, 0.5) is 0 Å². The van der Waals surface area contributed by atoms with Crippen LogP contribution < -0.4 is 5.73 Å². The summed E-state index contributed by atoms with van der Waals surface area (Å²) in [6, 6.07) is 7.25. The van der Waals surface area contributed by atoms with E-state index >= 15 is 0 Å². The first-order valence-corrected chi connectivity index (χ1v) is 4.65. The Labute approximate surface area is 87.8 Å². The summed E-state index contributed by atoms with van der Waals surface area (Å²) in [6.45, 7) is 0.578. The lowest BCUT2D eigenvalue weighted by Crippen LogP contribution is -2.24. The molecule has 1 aromatic rings. The molecule has 1 aromatic carbocycles. The maximum absolute atomic E-state index is 10.4. The van der Waals surface area contributed by atoms with Crippen molar-refractivity contribution in [1.82, 2.24) is 0 Å². The van der Waals surface area contributed by atoms with Gasteiger partial charge in [-0.15, -0.1) is 0 Å². The van der Waals surface area contributed by atoms with E-state index in [0.717, 1.165) is 5.56 Å². The molecule has 0 radical (unpaired) electrons. The summed E-state index contributed by atoms with van der Waals surface area (Å²) in [4.78, 5) is 10.4. The second-order valence-electron chi connectivity index (χ2n) is 2.85. The van der Waals surface area contributed by atoms with Crippen LogP contribution in [0.5, 0.6) is 0 Å². The third-order valence-corrected chi connectivity index (χ3v) is 2.01. The first-order chi connectivity index (χ1) is 6.76. The molecule has 4 heteroatoms. The molecule has 0 fully saturated rings. The van der Waals surface area contributed by atoms with Crippen LogP contribution in [0, 0.1) is 0 Å². The number of benzene rings is 1. The number of carbonyl (C=O) groups excluding carboxylic acids is 1. The zero-order valence-corrected chi connectivity index (χ0v) is 8.41. The standard InChI is InChI=1S/C10H12ClNO2/c11-9-3-1-8(2-4-9)7-14-10(5-12)6-13/h1-4,6,10H,5,7,12H2/t10-/m0/s1. The van der Waals surface area contributed by atoms with Crippen LogP contribution in [-0.4, -0.2) is 18.9 Å². The van der Waals surface area contributed by atoms with Crippen LogP contribution in [0.3, 0.4) is 0 Å². The number of hydrogen-bond donors (Lipinski definition) is 1. The van der Waals surface area contributed by atoms with Crippen molar-refractivity contribution in [2.75, 3.05) is 6.54 Å². The lowest BCUT2D eigenvalue weighted by atomic mass is 10.2. The van der Waals surface area contributed by atoms with E-state index in [0.29, 0.717) is 17.9 Å². The molecule has 0 unspecified atom stereocenters. The molecule has 0 aliphatic carbocycles. The van der Waals surface area contributed by atoms with Gasteiger partial charge in [0.15, 0.2) is 0 Å². The van der Waals surface area contributed by atoms with Gasteiger partial charge < -0.3 is 15.3 Å². The minimum Gasteiger partial charge on any atom is -0.365 e. The van der Waals surface area contributed by atoms with Gasteiger partial charge in [-0.05, 0) is 17.7 Å². The van der Waals surface area contributed by atoms with Gasteiger partial charge in [0.05, 0.1) is 6.61 Å². The van der Waals surface area contributed by atoms with Crippen molar-refractivity contribution < 1.29 is 9.53 Å². The third-order valence-electron chi connectivity index (χ3n) is 1.76. The fourth-order valence-electron chi connectivity index (χ4n) is 0.947. The zero-order valence-electron chi connectivity index (χ0n) is 7.65. The van der Waals surface area contributed by atoms with E-state index in [-0.39, 0.29) is 6.54 Å². The summed E-state index contributed by atoms with van der Waals surface area (Å²) in [6.07, 6.45) is 0.182. The number of halogens is 1. The number of nitrogens with two attached hydrogens (primary N) is 1. The van der Waals surface area contributed by atoms with Crippen LogP contribution in [-0.2, 0) is 16.1 Å². The zero-order chi connectivity index (χ0) is 10.4. The summed E-state index contributed by atoms with van der Waals surface area (Å²) in [5.41, 5.74) is 6.26. The number of carbonyl (C=O) groups is 1. The first-order valence-electron chi connectivity index (χ1n) is 4.27. The highest BCUT2D eigenvalue weighted by Crippen LogP contribution is 2.10. The van der Waals surface area contributed by atoms with E-state index < -0.39 is 6.10 Å². The smallest absolute Gasteiger partial charge is 0.150 e. The second kappa shape index (κ2) is 5.75. The molecular formula is C10H12ClNO2. The second-order valence-corrected chi connectivity index (χ2v) is 3.28. The maximum atomic E-state index is 10.4. The Morgan fingerprint density at radius 2 is 2.07 bits per heavy atom. The quantitative estimate of drug-likeness (QED) is 0.752. The van der Waals surface area contributed by atoms with Crippen molar-refractivity contribution in [3.8, 4) is 0 Å². The van der Waals surface area contributed by atoms with Gasteiger partial charge in [-0.1, -0.05) is 23.7 Å². The van der Waals surface area contributed by atoms with Crippen molar-refractivity contribution in [3.05, 3.63) is 34.9 Å². The Bertz CT molecular complexity index is 287. The summed E-state index contributed by atoms with van der Waals surface area (Å²) in [5.74, 6) is 0. The summed E-state index contributed by atoms with van der Waals surface area (Å²) in [7, 11) is 0. The molecule has 0 saturated carbocycles. The molecule has 0 saturated heterocycles. The highest BCUT2D eigenvalue weighted by atomic mass is 35.5. The van der Waals surface area contributed by atoms with Crippen LogP contribution in [0.15, 0.2) is 24.3 Å². The van der Waals surface area contributed by atoms with Gasteiger partial charge in [0.25, 0.3) is 0 Å². The monoisotopic (exact) mass is 213 g/mol. The van der Waals surface area contributed by atoms with Gasteiger partial charge >= 0.3 is 0 Å². The molecular weight excluding hydrogens is 202 g/mol. The van der Waals surface area contributed by atoms with Crippen LogP contribution >= 0.6 is 11.6 Å². The summed E-state index contributed by atoms with van der Waals surface area (Å²) >= 11 is 5.71. The van der Waals surface area contributed by atoms with E-state index in [1.807, 2.05) is 12.1 Å². The van der Waals surface area contributed by atoms with Gasteiger partial charge in [0.1, 0.15) is 12.4 Å². The number of rotatable bonds is 5. The van der Waals surface area contributed by atoms with Gasteiger partial charge in [0.2, 0.25) is 0 Å². The number of ether oxygens (including phenoxy) is 1. The van der Waals surface area contributed by atoms with Crippen molar-refractivity contribution in [2.24, 2.45) is 5.73 Å². The molecule has 1 rings (SSSR count). The minimum absolute atomic E-state index is 0.205. The molecule has 0 spiro atoms. The molecule has 0 aliphatic rings. The maximum Gasteiger partial charge on any atom is 0.150 e. The van der Waals surface area contributed by atoms with Crippen LogP contribution in [0.25, 0.3) is 0 Å². The van der Waals surface area contributed by atoms with Gasteiger partial charge in [-0.25, -0.2) is 0 Å². The molecule has 0 aromatic heterocycles. The lowest BCUT2D eigenvalue weighted by molar-refractivity contribution is -0.118. The Hall–Kier alpha value is -0.900. The average molecular weight is 214 g/mol. The predicted molar refractivity (Wildman–Crippen MR) is 55.1 cm³/mol. The van der Waals surface area contributed by atoms with Gasteiger partial charge in [0, 0.05) is 11.6 Å². The van der Waals surface area contributed by atoms with E-state index in [9.17, 15) is 4.79 Å². The Morgan fingerprint density at radius 1 is 1.43 bits per heavy atom. The highest BCUT2D eigenvalue weighted by Gasteiger charge is 2.04. The minimum atomic E-state index is -0.523. The van der Waals surface area contributed by atoms with E-state index in [4.69, 9.17) is 22.1 Å². The van der Waals surface area contributed by atoms with Crippen LogP contribution in [0.2, 0.25) is 5.02 Å². The van der Waals surface area contributed by atoms with Gasteiger partial charge in [-0.3, -0.25) is 0 Å². The topological polar surface area (TPSA) is 52.3 Å². The average Bonchev–Trinajstić information content (AvgIpc) is 2.22. The molecule has 76 valence electrons. The van der Waals surface area contributed by atoms with Crippen molar-refractivity contribution >= 4 is 17.9 Å². The van der Waals surface area contributed by atoms with E-state index in [1.54, 1.807) is 12.1 Å². The SMILES string of the molecule is NC[C@@H](C=O)OCc1ccc(Cl)cc1. The fourth-order valence-corrected chi connectivity index (χ4v) is 1.07.